The van der Waals surface area contributed by atoms with E-state index in [1.807, 2.05) is 30.3 Å². The summed E-state index contributed by atoms with van der Waals surface area (Å²) < 4.78 is 13.9. The standard InChI is InChI=1S/C17H12FNO2S/c18-13-9-5-4-8-12(13)16-19-14(15(22-16)17(20)21)10-11-6-2-1-3-7-11/h1-9H,10H2,(H,20,21). The molecule has 0 saturated heterocycles. The highest BCUT2D eigenvalue weighted by Crippen LogP contribution is 2.31. The van der Waals surface area contributed by atoms with E-state index in [1.165, 1.54) is 6.07 Å². The average molecular weight is 313 g/mol. The number of aromatic nitrogens is 1. The lowest BCUT2D eigenvalue weighted by atomic mass is 10.1. The SMILES string of the molecule is O=C(O)c1sc(-c2ccccc2F)nc1Cc1ccccc1. The summed E-state index contributed by atoms with van der Waals surface area (Å²) in [6.07, 6.45) is 0.410. The van der Waals surface area contributed by atoms with Crippen LogP contribution in [0.2, 0.25) is 0 Å². The molecule has 0 radical (unpaired) electrons. The summed E-state index contributed by atoms with van der Waals surface area (Å²) >= 11 is 1.00. The summed E-state index contributed by atoms with van der Waals surface area (Å²) in [5, 5.41) is 9.74. The van der Waals surface area contributed by atoms with E-state index >= 15 is 0 Å². The van der Waals surface area contributed by atoms with Crippen molar-refractivity contribution in [1.29, 1.82) is 0 Å². The number of carbonyl (C=O) groups is 1. The van der Waals surface area contributed by atoms with Crippen LogP contribution >= 0.6 is 11.3 Å². The first-order chi connectivity index (χ1) is 10.6. The number of hydrogen-bond donors (Lipinski definition) is 1. The lowest BCUT2D eigenvalue weighted by Gasteiger charge is -1.99. The fourth-order valence-electron chi connectivity index (χ4n) is 2.18. The molecular formula is C17H12FNO2S. The van der Waals surface area contributed by atoms with Crippen molar-refractivity contribution in [2.75, 3.05) is 0 Å². The number of carboxylic acids is 1. The summed E-state index contributed by atoms with van der Waals surface area (Å²) in [5.74, 6) is -1.44. The van der Waals surface area contributed by atoms with Gasteiger partial charge in [0.25, 0.3) is 0 Å². The zero-order valence-electron chi connectivity index (χ0n) is 11.5. The van der Waals surface area contributed by atoms with Gasteiger partial charge in [-0.1, -0.05) is 42.5 Å². The molecule has 1 heterocycles. The van der Waals surface area contributed by atoms with Gasteiger partial charge in [0, 0.05) is 12.0 Å². The summed E-state index contributed by atoms with van der Waals surface area (Å²) in [7, 11) is 0. The first kappa shape index (κ1) is 14.4. The largest absolute Gasteiger partial charge is 0.477 e. The normalized spacial score (nSPS) is 10.6. The zero-order chi connectivity index (χ0) is 15.5. The van der Waals surface area contributed by atoms with E-state index in [2.05, 4.69) is 4.98 Å². The Morgan fingerprint density at radius 1 is 1.09 bits per heavy atom. The molecule has 0 aliphatic carbocycles. The van der Waals surface area contributed by atoms with Crippen molar-refractivity contribution in [3.8, 4) is 10.6 Å². The summed E-state index contributed by atoms with van der Waals surface area (Å²) in [6.45, 7) is 0. The number of hydrogen-bond acceptors (Lipinski definition) is 3. The third-order valence-corrected chi connectivity index (χ3v) is 4.33. The van der Waals surface area contributed by atoms with E-state index in [1.54, 1.807) is 18.2 Å². The molecule has 0 fully saturated rings. The van der Waals surface area contributed by atoms with Gasteiger partial charge in [-0.05, 0) is 17.7 Å². The van der Waals surface area contributed by atoms with Crippen molar-refractivity contribution >= 4 is 17.3 Å². The Bertz CT molecular complexity index is 815. The molecule has 0 aliphatic heterocycles. The number of thiazole rings is 1. The van der Waals surface area contributed by atoms with Gasteiger partial charge in [0.1, 0.15) is 15.7 Å². The molecule has 5 heteroatoms. The average Bonchev–Trinajstić information content (AvgIpc) is 2.92. The van der Waals surface area contributed by atoms with Gasteiger partial charge >= 0.3 is 5.97 Å². The third kappa shape index (κ3) is 2.89. The van der Waals surface area contributed by atoms with Crippen LogP contribution in [0.3, 0.4) is 0 Å². The maximum absolute atomic E-state index is 13.9. The number of aromatic carboxylic acids is 1. The molecule has 0 aliphatic rings. The molecule has 3 rings (SSSR count). The van der Waals surface area contributed by atoms with E-state index in [4.69, 9.17) is 0 Å². The minimum Gasteiger partial charge on any atom is -0.477 e. The van der Waals surface area contributed by atoms with Crippen molar-refractivity contribution in [3.63, 3.8) is 0 Å². The second-order valence-electron chi connectivity index (χ2n) is 4.74. The number of carboxylic acid groups (broad SMARTS) is 1. The molecule has 3 nitrogen and oxygen atoms in total. The minimum atomic E-state index is -1.04. The van der Waals surface area contributed by atoms with Crippen LogP contribution in [0.5, 0.6) is 0 Å². The van der Waals surface area contributed by atoms with Crippen molar-refractivity contribution in [2.45, 2.75) is 6.42 Å². The van der Waals surface area contributed by atoms with Crippen LogP contribution < -0.4 is 0 Å². The van der Waals surface area contributed by atoms with Crippen LogP contribution in [0.1, 0.15) is 20.9 Å². The van der Waals surface area contributed by atoms with Gasteiger partial charge in [-0.3, -0.25) is 0 Å². The minimum absolute atomic E-state index is 0.155. The number of nitrogens with zero attached hydrogens (tertiary/aromatic N) is 1. The highest BCUT2D eigenvalue weighted by atomic mass is 32.1. The Balaban J connectivity index is 2.03. The number of rotatable bonds is 4. The second kappa shape index (κ2) is 6.07. The van der Waals surface area contributed by atoms with Gasteiger partial charge in [0.15, 0.2) is 0 Å². The van der Waals surface area contributed by atoms with Crippen LogP contribution in [-0.4, -0.2) is 16.1 Å². The van der Waals surface area contributed by atoms with Crippen molar-refractivity contribution < 1.29 is 14.3 Å². The van der Waals surface area contributed by atoms with Gasteiger partial charge in [0.05, 0.1) is 5.69 Å². The smallest absolute Gasteiger partial charge is 0.347 e. The van der Waals surface area contributed by atoms with Gasteiger partial charge in [0.2, 0.25) is 0 Å². The molecule has 0 unspecified atom stereocenters. The number of halogens is 1. The molecule has 0 bridgehead atoms. The third-order valence-electron chi connectivity index (χ3n) is 3.21. The Kier molecular flexibility index (Phi) is 3.98. The van der Waals surface area contributed by atoms with E-state index in [9.17, 15) is 14.3 Å². The molecular weight excluding hydrogens is 301 g/mol. The molecule has 0 spiro atoms. The molecule has 1 aromatic heterocycles. The van der Waals surface area contributed by atoms with Crippen LogP contribution in [0.15, 0.2) is 54.6 Å². The molecule has 2 aromatic carbocycles. The summed E-state index contributed by atoms with van der Waals surface area (Å²) in [6, 6.07) is 15.7. The Morgan fingerprint density at radius 2 is 1.77 bits per heavy atom. The van der Waals surface area contributed by atoms with Gasteiger partial charge in [-0.2, -0.15) is 0 Å². The lowest BCUT2D eigenvalue weighted by Crippen LogP contribution is -1.99. The zero-order valence-corrected chi connectivity index (χ0v) is 12.3. The van der Waals surface area contributed by atoms with Gasteiger partial charge in [-0.25, -0.2) is 14.2 Å². The van der Waals surface area contributed by atoms with Crippen molar-refractivity contribution in [1.82, 2.24) is 4.98 Å². The van der Waals surface area contributed by atoms with Crippen molar-refractivity contribution in [2.24, 2.45) is 0 Å². The summed E-state index contributed by atoms with van der Waals surface area (Å²) in [5.41, 5.74) is 1.76. The fourth-order valence-corrected chi connectivity index (χ4v) is 3.13. The summed E-state index contributed by atoms with van der Waals surface area (Å²) in [4.78, 5) is 15.9. The van der Waals surface area contributed by atoms with Crippen molar-refractivity contribution in [3.05, 3.63) is 76.5 Å². The first-order valence-electron chi connectivity index (χ1n) is 6.67. The fraction of sp³-hybridized carbons (Fsp3) is 0.0588. The Morgan fingerprint density at radius 3 is 2.45 bits per heavy atom. The van der Waals surface area contributed by atoms with Crippen LogP contribution in [0.4, 0.5) is 4.39 Å². The molecule has 22 heavy (non-hydrogen) atoms. The number of benzene rings is 2. The van der Waals surface area contributed by atoms with Crippen LogP contribution in [0, 0.1) is 5.82 Å². The van der Waals surface area contributed by atoms with E-state index in [-0.39, 0.29) is 4.88 Å². The van der Waals surface area contributed by atoms with Crippen LogP contribution in [0.25, 0.3) is 10.6 Å². The van der Waals surface area contributed by atoms with Gasteiger partial charge < -0.3 is 5.11 Å². The predicted molar refractivity (Wildman–Crippen MR) is 83.7 cm³/mol. The molecule has 0 amide bonds. The maximum atomic E-state index is 13.9. The lowest BCUT2D eigenvalue weighted by molar-refractivity contribution is 0.0701. The Labute approximate surface area is 130 Å². The molecule has 0 saturated carbocycles. The first-order valence-corrected chi connectivity index (χ1v) is 7.48. The van der Waals surface area contributed by atoms with Crippen LogP contribution in [-0.2, 0) is 6.42 Å². The topological polar surface area (TPSA) is 50.2 Å². The molecule has 0 atom stereocenters. The monoisotopic (exact) mass is 313 g/mol. The molecule has 3 aromatic rings. The van der Waals surface area contributed by atoms with E-state index in [0.717, 1.165) is 16.9 Å². The van der Waals surface area contributed by atoms with Gasteiger partial charge in [-0.15, -0.1) is 11.3 Å². The second-order valence-corrected chi connectivity index (χ2v) is 5.74. The van der Waals surface area contributed by atoms with E-state index in [0.29, 0.717) is 22.7 Å². The maximum Gasteiger partial charge on any atom is 0.347 e. The quantitative estimate of drug-likeness (QED) is 0.784. The Hall–Kier alpha value is -2.53. The predicted octanol–water partition coefficient (Wildman–Crippen LogP) is 4.24. The highest BCUT2D eigenvalue weighted by Gasteiger charge is 2.19. The van der Waals surface area contributed by atoms with E-state index < -0.39 is 11.8 Å². The molecule has 110 valence electrons. The molecule has 1 N–H and O–H groups in total. The highest BCUT2D eigenvalue weighted by molar-refractivity contribution is 7.17.